The average Bonchev–Trinajstić information content (AvgIpc) is 3.23. The fraction of sp³-hybridized carbons (Fsp3) is 0.200. The molecule has 3 rings (SSSR count). The Kier molecular flexibility index (Phi) is 8.00. The summed E-state index contributed by atoms with van der Waals surface area (Å²) in [6.07, 6.45) is 1.03. The van der Waals surface area contributed by atoms with Crippen LogP contribution in [0.25, 0.3) is 0 Å². The summed E-state index contributed by atoms with van der Waals surface area (Å²) in [4.78, 5) is 23.7. The van der Waals surface area contributed by atoms with Crippen molar-refractivity contribution >= 4 is 55.8 Å². The minimum Gasteiger partial charge on any atom is -0.468 e. The number of halogens is 1. The lowest BCUT2D eigenvalue weighted by Gasteiger charge is -2.23. The number of methoxy groups -OCH3 is 1. The van der Waals surface area contributed by atoms with E-state index in [1.807, 2.05) is 0 Å². The molecule has 2 aromatic carbocycles. The van der Waals surface area contributed by atoms with Crippen LogP contribution in [0.1, 0.15) is 15.9 Å². The number of carbonyl (C=O) groups excluding carboxylic acids is 2. The molecule has 33 heavy (non-hydrogen) atoms. The molecule has 1 N–H and O–H groups in total. The Hall–Kier alpha value is -3.03. The van der Waals surface area contributed by atoms with Gasteiger partial charge in [0, 0.05) is 11.1 Å². The van der Waals surface area contributed by atoms with Crippen molar-refractivity contribution in [2.24, 2.45) is 0 Å². The van der Waals surface area contributed by atoms with E-state index in [-0.39, 0.29) is 34.2 Å². The van der Waals surface area contributed by atoms with Gasteiger partial charge in [-0.1, -0.05) is 41.3 Å². The highest BCUT2D eigenvalue weighted by molar-refractivity contribution is 8.01. The van der Waals surface area contributed by atoms with Gasteiger partial charge in [-0.25, -0.2) is 12.8 Å². The number of esters is 1. The molecule has 0 radical (unpaired) electrons. The van der Waals surface area contributed by atoms with Crippen molar-refractivity contribution in [2.45, 2.75) is 10.9 Å². The number of sulfonamides is 1. The zero-order valence-corrected chi connectivity index (χ0v) is 20.0. The van der Waals surface area contributed by atoms with Gasteiger partial charge in [0.2, 0.25) is 15.2 Å². The largest absolute Gasteiger partial charge is 0.468 e. The molecule has 174 valence electrons. The lowest BCUT2D eigenvalue weighted by molar-refractivity contribution is -0.137. The first-order valence-electron chi connectivity index (χ1n) is 9.33. The van der Waals surface area contributed by atoms with E-state index >= 15 is 0 Å². The predicted octanol–water partition coefficient (Wildman–Crippen LogP) is 3.16. The topological polar surface area (TPSA) is 119 Å². The summed E-state index contributed by atoms with van der Waals surface area (Å²) in [5.74, 6) is -1.31. The van der Waals surface area contributed by atoms with Crippen LogP contribution in [0.15, 0.2) is 52.9 Å². The molecule has 1 heterocycles. The number of hydrogen-bond acceptors (Lipinski definition) is 9. The quantitative estimate of drug-likeness (QED) is 0.265. The van der Waals surface area contributed by atoms with Crippen molar-refractivity contribution in [1.29, 1.82) is 0 Å². The molecule has 0 saturated carbocycles. The number of nitrogens with one attached hydrogen (secondary N) is 1. The molecule has 9 nitrogen and oxygen atoms in total. The summed E-state index contributed by atoms with van der Waals surface area (Å²) in [7, 11) is -2.42. The first-order chi connectivity index (χ1) is 15.7. The van der Waals surface area contributed by atoms with Crippen LogP contribution in [0.2, 0.25) is 0 Å². The first kappa shape index (κ1) is 24.6. The monoisotopic (exact) mass is 510 g/mol. The van der Waals surface area contributed by atoms with E-state index in [1.54, 1.807) is 6.07 Å². The Bertz CT molecular complexity index is 1250. The van der Waals surface area contributed by atoms with E-state index in [2.05, 4.69) is 20.3 Å². The van der Waals surface area contributed by atoms with E-state index < -0.39 is 27.7 Å². The lowest BCUT2D eigenvalue weighted by Crippen LogP contribution is -2.29. The molecule has 0 saturated heterocycles. The minimum atomic E-state index is -3.71. The summed E-state index contributed by atoms with van der Waals surface area (Å²) in [6, 6.07) is 11.8. The normalized spacial score (nSPS) is 11.1. The van der Waals surface area contributed by atoms with Crippen LogP contribution in [-0.2, 0) is 26.1 Å². The van der Waals surface area contributed by atoms with Crippen LogP contribution in [-0.4, -0.2) is 49.6 Å². The molecule has 1 aromatic heterocycles. The van der Waals surface area contributed by atoms with Crippen molar-refractivity contribution in [2.75, 3.05) is 28.7 Å². The number of rotatable bonds is 9. The van der Waals surface area contributed by atoms with Gasteiger partial charge in [0.25, 0.3) is 5.91 Å². The third-order valence-electron chi connectivity index (χ3n) is 4.26. The number of hydrogen-bond donors (Lipinski definition) is 1. The molecule has 3 aromatic rings. The van der Waals surface area contributed by atoms with Crippen LogP contribution < -0.4 is 9.62 Å². The molecular weight excluding hydrogens is 491 g/mol. The van der Waals surface area contributed by atoms with Crippen molar-refractivity contribution in [3.63, 3.8) is 0 Å². The Balaban J connectivity index is 1.70. The van der Waals surface area contributed by atoms with Crippen LogP contribution in [0.5, 0.6) is 0 Å². The van der Waals surface area contributed by atoms with Crippen LogP contribution in [0.3, 0.4) is 0 Å². The third-order valence-corrected chi connectivity index (χ3v) is 7.34. The minimum absolute atomic E-state index is 0.0737. The highest BCUT2D eigenvalue weighted by atomic mass is 32.2. The first-order valence-corrected chi connectivity index (χ1v) is 13.0. The molecule has 1 amide bonds. The van der Waals surface area contributed by atoms with E-state index in [4.69, 9.17) is 0 Å². The number of benzene rings is 2. The van der Waals surface area contributed by atoms with Gasteiger partial charge < -0.3 is 4.74 Å². The maximum atomic E-state index is 14.0. The maximum absolute atomic E-state index is 14.0. The Morgan fingerprint density at radius 1 is 1.15 bits per heavy atom. The summed E-state index contributed by atoms with van der Waals surface area (Å²) in [5, 5.41) is 10.6. The molecule has 13 heteroatoms. The standard InChI is InChI=1S/C20H19FN4O5S3/c1-30-17(26)12-31-20-24-23-19(32-20)22-18(27)13-7-9-15(10-8-13)25(33(2,28)29)11-14-5-3-4-6-16(14)21/h3-10H,11-12H2,1-2H3,(H,22,23,27). The SMILES string of the molecule is COC(=O)CSc1nnc(NC(=O)c2ccc(N(Cc3ccccc3F)S(C)(=O)=O)cc2)s1. The van der Waals surface area contributed by atoms with Crippen molar-refractivity contribution in [3.05, 3.63) is 65.5 Å². The van der Waals surface area contributed by atoms with Gasteiger partial charge in [-0.15, -0.1) is 10.2 Å². The number of anilines is 2. The number of carbonyl (C=O) groups is 2. The summed E-state index contributed by atoms with van der Waals surface area (Å²) in [6.45, 7) is -0.187. The second kappa shape index (κ2) is 10.7. The van der Waals surface area contributed by atoms with Gasteiger partial charge in [0.1, 0.15) is 5.82 Å². The van der Waals surface area contributed by atoms with Gasteiger partial charge in [0.05, 0.1) is 31.4 Å². The number of ether oxygens (including phenoxy) is 1. The molecule has 0 fully saturated rings. The highest BCUT2D eigenvalue weighted by Crippen LogP contribution is 2.26. The number of nitrogens with zero attached hydrogens (tertiary/aromatic N) is 3. The van der Waals surface area contributed by atoms with Gasteiger partial charge >= 0.3 is 5.97 Å². The van der Waals surface area contributed by atoms with Crippen LogP contribution in [0.4, 0.5) is 15.2 Å². The average molecular weight is 511 g/mol. The Labute approximate surface area is 198 Å². The fourth-order valence-corrected chi connectivity index (χ4v) is 5.09. The van der Waals surface area contributed by atoms with E-state index in [0.29, 0.717) is 4.34 Å². The second-order valence-electron chi connectivity index (χ2n) is 6.60. The number of thioether (sulfide) groups is 1. The Morgan fingerprint density at radius 3 is 2.48 bits per heavy atom. The van der Waals surface area contributed by atoms with Crippen molar-refractivity contribution in [3.8, 4) is 0 Å². The summed E-state index contributed by atoms with van der Waals surface area (Å²) in [5.41, 5.74) is 0.772. The number of aromatic nitrogens is 2. The zero-order chi connectivity index (χ0) is 24.0. The third kappa shape index (κ3) is 6.73. The van der Waals surface area contributed by atoms with E-state index in [0.717, 1.165) is 33.7 Å². The molecule has 0 atom stereocenters. The van der Waals surface area contributed by atoms with Gasteiger partial charge in [0.15, 0.2) is 4.34 Å². The molecule has 0 bridgehead atoms. The molecule has 0 aliphatic carbocycles. The Morgan fingerprint density at radius 2 is 1.85 bits per heavy atom. The van der Waals surface area contributed by atoms with Crippen molar-refractivity contribution in [1.82, 2.24) is 10.2 Å². The molecule has 0 aliphatic heterocycles. The predicted molar refractivity (Wildman–Crippen MR) is 124 cm³/mol. The highest BCUT2D eigenvalue weighted by Gasteiger charge is 2.20. The van der Waals surface area contributed by atoms with Gasteiger partial charge in [-0.2, -0.15) is 0 Å². The lowest BCUT2D eigenvalue weighted by atomic mass is 10.1. The molecule has 0 aliphatic rings. The smallest absolute Gasteiger partial charge is 0.316 e. The maximum Gasteiger partial charge on any atom is 0.316 e. The van der Waals surface area contributed by atoms with E-state index in [1.165, 1.54) is 49.6 Å². The molecule has 0 spiro atoms. The zero-order valence-electron chi connectivity index (χ0n) is 17.5. The van der Waals surface area contributed by atoms with Gasteiger partial charge in [-0.05, 0) is 30.3 Å². The van der Waals surface area contributed by atoms with Gasteiger partial charge in [-0.3, -0.25) is 19.2 Å². The summed E-state index contributed by atoms with van der Waals surface area (Å²) >= 11 is 2.24. The van der Waals surface area contributed by atoms with Crippen LogP contribution >= 0.6 is 23.1 Å². The number of amides is 1. The molecular formula is C20H19FN4O5S3. The van der Waals surface area contributed by atoms with Crippen molar-refractivity contribution < 1.29 is 27.1 Å². The second-order valence-corrected chi connectivity index (χ2v) is 10.7. The van der Waals surface area contributed by atoms with Crippen LogP contribution in [0, 0.1) is 5.82 Å². The summed E-state index contributed by atoms with van der Waals surface area (Å²) < 4.78 is 44.7. The molecule has 0 unspecified atom stereocenters. The fourth-order valence-electron chi connectivity index (χ4n) is 2.63. The van der Waals surface area contributed by atoms with E-state index in [9.17, 15) is 22.4 Å².